The number of nitrogens with zero attached hydrogens (tertiary/aromatic N) is 2. The van der Waals surface area contributed by atoms with E-state index in [1.807, 2.05) is 5.01 Å². The first kappa shape index (κ1) is 16.8. The van der Waals surface area contributed by atoms with Gasteiger partial charge in [-0.2, -0.15) is 5.10 Å². The lowest BCUT2D eigenvalue weighted by atomic mass is 9.94. The molecule has 0 heterocycles. The molecule has 0 bridgehead atoms. The predicted molar refractivity (Wildman–Crippen MR) is 94.6 cm³/mol. The van der Waals surface area contributed by atoms with Crippen LogP contribution in [-0.4, -0.2) is 28.8 Å². The van der Waals surface area contributed by atoms with Gasteiger partial charge in [0.05, 0.1) is 6.04 Å². The van der Waals surface area contributed by atoms with Crippen LogP contribution in [-0.2, 0) is 0 Å². The Morgan fingerprint density at radius 1 is 0.826 bits per heavy atom. The molecule has 130 valence electrons. The van der Waals surface area contributed by atoms with Crippen molar-refractivity contribution in [1.29, 1.82) is 0 Å². The second-order valence-corrected chi connectivity index (χ2v) is 7.65. The van der Waals surface area contributed by atoms with E-state index in [0.717, 1.165) is 38.5 Å². The van der Waals surface area contributed by atoms with Crippen LogP contribution in [0.3, 0.4) is 0 Å². The van der Waals surface area contributed by atoms with Crippen LogP contribution in [0.4, 0.5) is 4.79 Å². The van der Waals surface area contributed by atoms with Crippen LogP contribution in [0.5, 0.6) is 0 Å². The number of carbonyl (C=O) groups is 1. The fraction of sp³-hybridized carbons (Fsp3) is 0.895. The van der Waals surface area contributed by atoms with E-state index in [0.29, 0.717) is 12.1 Å². The highest BCUT2D eigenvalue weighted by atomic mass is 16.2. The van der Waals surface area contributed by atoms with Gasteiger partial charge in [-0.1, -0.05) is 44.9 Å². The van der Waals surface area contributed by atoms with Gasteiger partial charge in [0.15, 0.2) is 0 Å². The number of hydrazone groups is 1. The highest BCUT2D eigenvalue weighted by Crippen LogP contribution is 2.25. The molecule has 0 atom stereocenters. The predicted octanol–water partition coefficient (Wildman–Crippen LogP) is 4.98. The van der Waals surface area contributed by atoms with Gasteiger partial charge in [0.1, 0.15) is 0 Å². The smallest absolute Gasteiger partial charge is 0.334 e. The maximum atomic E-state index is 12.9. The summed E-state index contributed by atoms with van der Waals surface area (Å²) in [5, 5.41) is 10.0. The van der Waals surface area contributed by atoms with Crippen LogP contribution in [0.2, 0.25) is 0 Å². The van der Waals surface area contributed by atoms with E-state index in [1.165, 1.54) is 63.5 Å². The Hall–Kier alpha value is -1.06. The molecule has 0 radical (unpaired) electrons. The minimum absolute atomic E-state index is 0.0712. The summed E-state index contributed by atoms with van der Waals surface area (Å²) >= 11 is 0. The topological polar surface area (TPSA) is 44.7 Å². The van der Waals surface area contributed by atoms with Crippen molar-refractivity contribution in [1.82, 2.24) is 10.3 Å². The quantitative estimate of drug-likeness (QED) is 0.732. The van der Waals surface area contributed by atoms with Crippen molar-refractivity contribution in [3.8, 4) is 0 Å². The molecule has 0 spiro atoms. The van der Waals surface area contributed by atoms with Gasteiger partial charge >= 0.3 is 6.03 Å². The third kappa shape index (κ3) is 4.95. The third-order valence-corrected chi connectivity index (χ3v) is 5.74. The van der Waals surface area contributed by atoms with Crippen LogP contribution < -0.4 is 5.32 Å². The van der Waals surface area contributed by atoms with Crippen LogP contribution in [0, 0.1) is 0 Å². The van der Waals surface area contributed by atoms with Gasteiger partial charge in [-0.05, 0) is 51.4 Å². The summed E-state index contributed by atoms with van der Waals surface area (Å²) in [7, 11) is 0. The number of hydrogen-bond donors (Lipinski definition) is 1. The average Bonchev–Trinajstić information content (AvgIpc) is 2.62. The Morgan fingerprint density at radius 3 is 2.04 bits per heavy atom. The molecular formula is C19H33N3O. The molecule has 0 saturated heterocycles. The Kier molecular flexibility index (Phi) is 6.35. The molecule has 1 N–H and O–H groups in total. The minimum atomic E-state index is 0.0712. The standard InChI is InChI=1S/C19H33N3O/c23-19(20-16-10-4-1-5-11-16)22(18-14-8-3-9-15-18)21-17-12-6-2-7-13-17/h16,18H,1-15H2,(H,20,23). The summed E-state index contributed by atoms with van der Waals surface area (Å²) in [4.78, 5) is 12.9. The van der Waals surface area contributed by atoms with Crippen molar-refractivity contribution in [3.63, 3.8) is 0 Å². The zero-order valence-electron chi connectivity index (χ0n) is 14.6. The molecule has 3 saturated carbocycles. The Morgan fingerprint density at radius 2 is 1.39 bits per heavy atom. The molecule has 3 aliphatic rings. The number of carbonyl (C=O) groups excluding carboxylic acids is 1. The SMILES string of the molecule is O=C(NC1CCCCC1)N(N=C1CCCCC1)C1CCCCC1. The lowest BCUT2D eigenvalue weighted by molar-refractivity contribution is 0.152. The van der Waals surface area contributed by atoms with Crippen molar-refractivity contribution in [2.24, 2.45) is 5.10 Å². The largest absolute Gasteiger partial charge is 0.338 e. The molecule has 0 aromatic rings. The van der Waals surface area contributed by atoms with Gasteiger partial charge in [0.2, 0.25) is 0 Å². The first-order valence-corrected chi connectivity index (χ1v) is 9.99. The molecule has 3 aliphatic carbocycles. The minimum Gasteiger partial charge on any atom is -0.334 e. The number of amides is 2. The van der Waals surface area contributed by atoms with E-state index in [2.05, 4.69) is 5.32 Å². The van der Waals surface area contributed by atoms with Crippen molar-refractivity contribution in [3.05, 3.63) is 0 Å². The summed E-state index contributed by atoms with van der Waals surface area (Å²) in [6.45, 7) is 0. The zero-order chi connectivity index (χ0) is 15.9. The highest BCUT2D eigenvalue weighted by Gasteiger charge is 2.28. The average molecular weight is 319 g/mol. The monoisotopic (exact) mass is 319 g/mol. The Balaban J connectivity index is 1.66. The second kappa shape index (κ2) is 8.70. The number of hydrogen-bond acceptors (Lipinski definition) is 2. The van der Waals surface area contributed by atoms with E-state index in [1.54, 1.807) is 0 Å². The molecule has 0 aliphatic heterocycles. The number of urea groups is 1. The Labute approximate surface area is 141 Å². The lowest BCUT2D eigenvalue weighted by Crippen LogP contribution is -2.48. The number of nitrogens with one attached hydrogen (secondary N) is 1. The van der Waals surface area contributed by atoms with E-state index in [9.17, 15) is 4.79 Å². The maximum absolute atomic E-state index is 12.9. The van der Waals surface area contributed by atoms with Crippen LogP contribution in [0.15, 0.2) is 5.10 Å². The normalized spacial score (nSPS) is 24.3. The van der Waals surface area contributed by atoms with Gasteiger partial charge in [0.25, 0.3) is 0 Å². The van der Waals surface area contributed by atoms with Crippen molar-refractivity contribution < 1.29 is 4.79 Å². The number of rotatable bonds is 3. The van der Waals surface area contributed by atoms with Gasteiger partial charge in [-0.15, -0.1) is 0 Å². The lowest BCUT2D eigenvalue weighted by Gasteiger charge is -2.33. The van der Waals surface area contributed by atoms with Crippen LogP contribution in [0.1, 0.15) is 96.3 Å². The third-order valence-electron chi connectivity index (χ3n) is 5.74. The van der Waals surface area contributed by atoms with Gasteiger partial charge in [-0.3, -0.25) is 0 Å². The maximum Gasteiger partial charge on any atom is 0.338 e. The summed E-state index contributed by atoms with van der Waals surface area (Å²) < 4.78 is 0. The molecule has 3 fully saturated rings. The van der Waals surface area contributed by atoms with Crippen molar-refractivity contribution in [2.75, 3.05) is 0 Å². The summed E-state index contributed by atoms with van der Waals surface area (Å²) in [5.41, 5.74) is 1.25. The summed E-state index contributed by atoms with van der Waals surface area (Å²) in [6, 6.07) is 0.762. The molecule has 4 nitrogen and oxygen atoms in total. The van der Waals surface area contributed by atoms with Crippen LogP contribution >= 0.6 is 0 Å². The molecule has 4 heteroatoms. The fourth-order valence-corrected chi connectivity index (χ4v) is 4.32. The Bertz CT molecular complexity index is 401. The first-order valence-electron chi connectivity index (χ1n) is 9.99. The first-order chi connectivity index (χ1) is 11.3. The zero-order valence-corrected chi connectivity index (χ0v) is 14.6. The highest BCUT2D eigenvalue weighted by molar-refractivity contribution is 5.86. The van der Waals surface area contributed by atoms with Crippen LogP contribution in [0.25, 0.3) is 0 Å². The molecule has 3 rings (SSSR count). The fourth-order valence-electron chi connectivity index (χ4n) is 4.32. The van der Waals surface area contributed by atoms with Gasteiger partial charge in [0, 0.05) is 11.8 Å². The molecule has 0 aromatic carbocycles. The van der Waals surface area contributed by atoms with Gasteiger partial charge < -0.3 is 5.32 Å². The van der Waals surface area contributed by atoms with E-state index >= 15 is 0 Å². The van der Waals surface area contributed by atoms with Crippen molar-refractivity contribution >= 4 is 11.7 Å². The summed E-state index contributed by atoms with van der Waals surface area (Å²) in [5.74, 6) is 0. The van der Waals surface area contributed by atoms with E-state index in [-0.39, 0.29) is 6.03 Å². The molecule has 0 aromatic heterocycles. The summed E-state index contributed by atoms with van der Waals surface area (Å²) in [6.07, 6.45) is 18.1. The van der Waals surface area contributed by atoms with E-state index in [4.69, 9.17) is 5.10 Å². The van der Waals surface area contributed by atoms with E-state index < -0.39 is 0 Å². The van der Waals surface area contributed by atoms with Gasteiger partial charge in [-0.25, -0.2) is 9.80 Å². The molecule has 0 unspecified atom stereocenters. The molecule has 2 amide bonds. The second-order valence-electron chi connectivity index (χ2n) is 7.65. The van der Waals surface area contributed by atoms with Crippen molar-refractivity contribution in [2.45, 2.75) is 108 Å². The molecule has 23 heavy (non-hydrogen) atoms. The molecular weight excluding hydrogens is 286 g/mol.